The number of benzene rings is 4. The summed E-state index contributed by atoms with van der Waals surface area (Å²) in [6.45, 7) is 0. The smallest absolute Gasteiger partial charge is 0.194 e. The van der Waals surface area contributed by atoms with E-state index in [1.54, 1.807) is 14.2 Å². The second kappa shape index (κ2) is 7.57. The SMILES string of the molecule is COc1cc2ccc(-c3ccccc3)c(C(=O)c3ccccc3)c2cc1OC. The molecule has 0 saturated carbocycles. The number of rotatable bonds is 5. The van der Waals surface area contributed by atoms with Crippen molar-refractivity contribution >= 4 is 16.6 Å². The van der Waals surface area contributed by atoms with Crippen LogP contribution in [0.2, 0.25) is 0 Å². The largest absolute Gasteiger partial charge is 0.493 e. The van der Waals surface area contributed by atoms with Gasteiger partial charge in [0.2, 0.25) is 0 Å². The minimum atomic E-state index is -0.0164. The highest BCUT2D eigenvalue weighted by atomic mass is 16.5. The first-order chi connectivity index (χ1) is 13.7. The molecule has 4 aromatic carbocycles. The third-order valence-corrected chi connectivity index (χ3v) is 4.87. The van der Waals surface area contributed by atoms with E-state index in [0.29, 0.717) is 22.6 Å². The summed E-state index contributed by atoms with van der Waals surface area (Å²) in [5.41, 5.74) is 3.21. The summed E-state index contributed by atoms with van der Waals surface area (Å²) < 4.78 is 10.9. The van der Waals surface area contributed by atoms with E-state index in [1.165, 1.54) is 0 Å². The fourth-order valence-corrected chi connectivity index (χ4v) is 3.49. The summed E-state index contributed by atoms with van der Waals surface area (Å²) in [4.78, 5) is 13.5. The standard InChI is InChI=1S/C25H20O3/c1-27-22-15-19-13-14-20(17-9-5-3-6-10-17)24(21(19)16-23(22)28-2)25(26)18-11-7-4-8-12-18/h3-16H,1-2H3. The van der Waals surface area contributed by atoms with E-state index in [-0.39, 0.29) is 5.78 Å². The Morgan fingerprint density at radius 2 is 1.32 bits per heavy atom. The molecule has 0 atom stereocenters. The maximum absolute atomic E-state index is 13.5. The summed E-state index contributed by atoms with van der Waals surface area (Å²) in [6.07, 6.45) is 0. The number of carbonyl (C=O) groups excluding carboxylic acids is 1. The molecule has 3 nitrogen and oxygen atoms in total. The van der Waals surface area contributed by atoms with Gasteiger partial charge < -0.3 is 9.47 Å². The Morgan fingerprint density at radius 1 is 0.714 bits per heavy atom. The van der Waals surface area contributed by atoms with Crippen LogP contribution in [0.4, 0.5) is 0 Å². The van der Waals surface area contributed by atoms with Crippen molar-refractivity contribution in [3.63, 3.8) is 0 Å². The first-order valence-electron chi connectivity index (χ1n) is 9.07. The Kier molecular flexibility index (Phi) is 4.81. The highest BCUT2D eigenvalue weighted by molar-refractivity contribution is 6.20. The molecule has 0 N–H and O–H groups in total. The van der Waals surface area contributed by atoms with Crippen LogP contribution in [0, 0.1) is 0 Å². The molecule has 0 radical (unpaired) electrons. The van der Waals surface area contributed by atoms with Gasteiger partial charge >= 0.3 is 0 Å². The third kappa shape index (κ3) is 3.12. The number of ketones is 1. The van der Waals surface area contributed by atoms with Gasteiger partial charge in [-0.25, -0.2) is 0 Å². The van der Waals surface area contributed by atoms with Crippen molar-refractivity contribution in [3.05, 3.63) is 96.1 Å². The van der Waals surface area contributed by atoms with Crippen LogP contribution < -0.4 is 9.47 Å². The topological polar surface area (TPSA) is 35.5 Å². The van der Waals surface area contributed by atoms with E-state index in [1.807, 2.05) is 84.9 Å². The molecule has 138 valence electrons. The van der Waals surface area contributed by atoms with Crippen molar-refractivity contribution in [2.24, 2.45) is 0 Å². The van der Waals surface area contributed by atoms with Gasteiger partial charge in [-0.2, -0.15) is 0 Å². The van der Waals surface area contributed by atoms with Crippen molar-refractivity contribution in [1.82, 2.24) is 0 Å². The average Bonchev–Trinajstić information content (AvgIpc) is 2.78. The van der Waals surface area contributed by atoms with Crippen LogP contribution in [0.5, 0.6) is 11.5 Å². The van der Waals surface area contributed by atoms with Gasteiger partial charge in [0.1, 0.15) is 0 Å². The first kappa shape index (κ1) is 17.8. The van der Waals surface area contributed by atoms with E-state index < -0.39 is 0 Å². The molecule has 0 aliphatic carbocycles. The quantitative estimate of drug-likeness (QED) is 0.421. The molecular weight excluding hydrogens is 348 g/mol. The molecule has 28 heavy (non-hydrogen) atoms. The van der Waals surface area contributed by atoms with Gasteiger partial charge in [0, 0.05) is 11.1 Å². The van der Waals surface area contributed by atoms with Crippen molar-refractivity contribution in [1.29, 1.82) is 0 Å². The second-order valence-electron chi connectivity index (χ2n) is 6.48. The number of carbonyl (C=O) groups is 1. The second-order valence-corrected chi connectivity index (χ2v) is 6.48. The molecule has 0 bridgehead atoms. The van der Waals surface area contributed by atoms with Crippen LogP contribution in [0.25, 0.3) is 21.9 Å². The Balaban J connectivity index is 2.05. The molecule has 0 unspecified atom stereocenters. The van der Waals surface area contributed by atoms with Gasteiger partial charge in [0.05, 0.1) is 14.2 Å². The lowest BCUT2D eigenvalue weighted by Crippen LogP contribution is -2.05. The van der Waals surface area contributed by atoms with E-state index >= 15 is 0 Å². The predicted molar refractivity (Wildman–Crippen MR) is 112 cm³/mol. The minimum absolute atomic E-state index is 0.0164. The van der Waals surface area contributed by atoms with Gasteiger partial charge in [-0.1, -0.05) is 72.8 Å². The maximum atomic E-state index is 13.5. The summed E-state index contributed by atoms with van der Waals surface area (Å²) >= 11 is 0. The van der Waals surface area contributed by atoms with E-state index in [2.05, 4.69) is 0 Å². The molecule has 3 heteroatoms. The maximum Gasteiger partial charge on any atom is 0.194 e. The molecule has 4 aromatic rings. The molecular formula is C25H20O3. The number of ether oxygens (including phenoxy) is 2. The zero-order chi connectivity index (χ0) is 19.5. The molecule has 0 heterocycles. The summed E-state index contributed by atoms with van der Waals surface area (Å²) in [6, 6.07) is 27.1. The van der Waals surface area contributed by atoms with Gasteiger partial charge in [-0.3, -0.25) is 4.79 Å². The zero-order valence-corrected chi connectivity index (χ0v) is 15.8. The number of fused-ring (bicyclic) bond motifs is 1. The lowest BCUT2D eigenvalue weighted by Gasteiger charge is -2.15. The van der Waals surface area contributed by atoms with Crippen molar-refractivity contribution in [2.75, 3.05) is 14.2 Å². The Bertz CT molecular complexity index is 1130. The lowest BCUT2D eigenvalue weighted by molar-refractivity contribution is 0.104. The zero-order valence-electron chi connectivity index (χ0n) is 15.8. The monoisotopic (exact) mass is 368 g/mol. The molecule has 0 spiro atoms. The normalized spacial score (nSPS) is 10.6. The molecule has 0 aromatic heterocycles. The van der Waals surface area contributed by atoms with Crippen molar-refractivity contribution in [3.8, 4) is 22.6 Å². The highest BCUT2D eigenvalue weighted by Crippen LogP contribution is 2.38. The first-order valence-corrected chi connectivity index (χ1v) is 9.07. The van der Waals surface area contributed by atoms with Crippen LogP contribution in [0.1, 0.15) is 15.9 Å². The summed E-state index contributed by atoms with van der Waals surface area (Å²) in [5.74, 6) is 1.22. The van der Waals surface area contributed by atoms with Crippen molar-refractivity contribution in [2.45, 2.75) is 0 Å². The minimum Gasteiger partial charge on any atom is -0.493 e. The Hall–Kier alpha value is -3.59. The van der Waals surface area contributed by atoms with Gasteiger partial charge in [-0.05, 0) is 34.0 Å². The predicted octanol–water partition coefficient (Wildman–Crippen LogP) is 5.76. The van der Waals surface area contributed by atoms with Gasteiger partial charge in [-0.15, -0.1) is 0 Å². The van der Waals surface area contributed by atoms with E-state index in [4.69, 9.17) is 9.47 Å². The Labute approximate surface area is 164 Å². The molecule has 0 fully saturated rings. The van der Waals surface area contributed by atoms with E-state index in [9.17, 15) is 4.79 Å². The van der Waals surface area contributed by atoms with Crippen LogP contribution >= 0.6 is 0 Å². The average molecular weight is 368 g/mol. The third-order valence-electron chi connectivity index (χ3n) is 4.87. The summed E-state index contributed by atoms with van der Waals surface area (Å²) in [7, 11) is 3.21. The van der Waals surface area contributed by atoms with Crippen LogP contribution in [-0.4, -0.2) is 20.0 Å². The molecule has 0 aliphatic heterocycles. The lowest BCUT2D eigenvalue weighted by atomic mass is 9.89. The highest BCUT2D eigenvalue weighted by Gasteiger charge is 2.20. The van der Waals surface area contributed by atoms with E-state index in [0.717, 1.165) is 21.9 Å². The fourth-order valence-electron chi connectivity index (χ4n) is 3.49. The van der Waals surface area contributed by atoms with Gasteiger partial charge in [0.15, 0.2) is 17.3 Å². The molecule has 0 amide bonds. The molecule has 4 rings (SSSR count). The summed E-state index contributed by atoms with van der Waals surface area (Å²) in [5, 5.41) is 1.77. The molecule has 0 aliphatic rings. The fraction of sp³-hybridized carbons (Fsp3) is 0.0800. The number of methoxy groups -OCH3 is 2. The van der Waals surface area contributed by atoms with Crippen LogP contribution in [0.15, 0.2) is 84.9 Å². The number of hydrogen-bond donors (Lipinski definition) is 0. The van der Waals surface area contributed by atoms with Crippen LogP contribution in [0.3, 0.4) is 0 Å². The van der Waals surface area contributed by atoms with Crippen LogP contribution in [-0.2, 0) is 0 Å². The van der Waals surface area contributed by atoms with Crippen molar-refractivity contribution < 1.29 is 14.3 Å². The number of hydrogen-bond acceptors (Lipinski definition) is 3. The Morgan fingerprint density at radius 3 is 1.96 bits per heavy atom. The molecule has 0 saturated heterocycles. The van der Waals surface area contributed by atoms with Gasteiger partial charge in [0.25, 0.3) is 0 Å².